The van der Waals surface area contributed by atoms with Gasteiger partial charge in [0.15, 0.2) is 0 Å². The van der Waals surface area contributed by atoms with Crippen LogP contribution in [0.25, 0.3) is 0 Å². The summed E-state index contributed by atoms with van der Waals surface area (Å²) in [6.45, 7) is 3.81. The highest BCUT2D eigenvalue weighted by molar-refractivity contribution is 5.99. The molecular weight excluding hydrogens is 348 g/mol. The normalized spacial score (nSPS) is 24.4. The summed E-state index contributed by atoms with van der Waals surface area (Å²) >= 11 is 0. The molecule has 27 heavy (non-hydrogen) atoms. The van der Waals surface area contributed by atoms with Crippen LogP contribution in [0.3, 0.4) is 0 Å². The Balaban J connectivity index is 1.40. The first-order valence-electron chi connectivity index (χ1n) is 9.45. The molecule has 148 valence electrons. The van der Waals surface area contributed by atoms with Gasteiger partial charge in [0, 0.05) is 25.7 Å². The predicted octanol–water partition coefficient (Wildman–Crippen LogP) is 1.06. The number of aromatic nitrogens is 2. The van der Waals surface area contributed by atoms with Crippen molar-refractivity contribution in [2.24, 2.45) is 18.1 Å². The molecule has 0 saturated heterocycles. The second-order valence-electron chi connectivity index (χ2n) is 7.64. The largest absolute Gasteiger partial charge is 0.446 e. The van der Waals surface area contributed by atoms with E-state index in [4.69, 9.17) is 4.74 Å². The van der Waals surface area contributed by atoms with E-state index in [1.54, 1.807) is 10.9 Å². The number of hydrazone groups is 1. The van der Waals surface area contributed by atoms with Crippen molar-refractivity contribution >= 4 is 17.8 Å². The molecule has 9 nitrogen and oxygen atoms in total. The highest BCUT2D eigenvalue weighted by Gasteiger charge is 2.35. The van der Waals surface area contributed by atoms with Crippen LogP contribution in [0.1, 0.15) is 45.1 Å². The zero-order valence-corrected chi connectivity index (χ0v) is 16.1. The van der Waals surface area contributed by atoms with Gasteiger partial charge in [0.05, 0.1) is 18.7 Å². The molecule has 0 aromatic carbocycles. The Morgan fingerprint density at radius 3 is 2.93 bits per heavy atom. The van der Waals surface area contributed by atoms with Crippen molar-refractivity contribution in [3.63, 3.8) is 0 Å². The van der Waals surface area contributed by atoms with E-state index in [2.05, 4.69) is 26.3 Å². The molecule has 3 atom stereocenters. The van der Waals surface area contributed by atoms with E-state index < -0.39 is 0 Å². The summed E-state index contributed by atoms with van der Waals surface area (Å²) < 4.78 is 7.15. The highest BCUT2D eigenvalue weighted by Crippen LogP contribution is 2.32. The molecule has 1 aromatic heterocycles. The Labute approximate surface area is 158 Å². The average Bonchev–Trinajstić information content (AvgIpc) is 3.28. The number of hydrogen-bond acceptors (Lipinski definition) is 6. The Morgan fingerprint density at radius 1 is 1.41 bits per heavy atom. The predicted molar refractivity (Wildman–Crippen MR) is 99.9 cm³/mol. The molecule has 0 bridgehead atoms. The van der Waals surface area contributed by atoms with Gasteiger partial charge in [-0.3, -0.25) is 9.48 Å². The van der Waals surface area contributed by atoms with Gasteiger partial charge in [-0.25, -0.2) is 4.79 Å². The van der Waals surface area contributed by atoms with Crippen LogP contribution in [0.15, 0.2) is 17.5 Å². The number of aryl methyl sites for hydroxylation is 1. The average molecular weight is 376 g/mol. The number of amides is 2. The fourth-order valence-corrected chi connectivity index (χ4v) is 3.63. The van der Waals surface area contributed by atoms with Gasteiger partial charge in [0.1, 0.15) is 11.9 Å². The van der Waals surface area contributed by atoms with Gasteiger partial charge in [-0.1, -0.05) is 0 Å². The standard InChI is InChI=1S/C18H28N6O3/c1-11(2)20-18(26)27-14-5-4-13(7-14)15-8-16(23-22-15)21-17(25)6-12-9-19-24(3)10-12/h9-11,13-15,22H,4-8H2,1-3H3,(H,20,26)(H,21,23,25)/t13-,14+,15?/m0/s1. The van der Waals surface area contributed by atoms with Crippen LogP contribution < -0.4 is 16.1 Å². The summed E-state index contributed by atoms with van der Waals surface area (Å²) in [6.07, 6.45) is 6.71. The van der Waals surface area contributed by atoms with E-state index in [0.717, 1.165) is 24.8 Å². The van der Waals surface area contributed by atoms with Gasteiger partial charge in [-0.05, 0) is 44.6 Å². The number of alkyl carbamates (subject to hydrolysis) is 1. The van der Waals surface area contributed by atoms with E-state index in [1.165, 1.54) is 0 Å². The monoisotopic (exact) mass is 376 g/mol. The minimum atomic E-state index is -0.352. The molecule has 2 aliphatic rings. The van der Waals surface area contributed by atoms with Crippen LogP contribution in [0.5, 0.6) is 0 Å². The van der Waals surface area contributed by atoms with Gasteiger partial charge < -0.3 is 20.8 Å². The molecule has 9 heteroatoms. The Hall–Kier alpha value is -2.58. The molecule has 3 N–H and O–H groups in total. The van der Waals surface area contributed by atoms with Crippen LogP contribution >= 0.6 is 0 Å². The van der Waals surface area contributed by atoms with Crippen molar-refractivity contribution in [2.45, 2.75) is 64.1 Å². The first-order chi connectivity index (χ1) is 12.9. The maximum atomic E-state index is 12.1. The lowest BCUT2D eigenvalue weighted by Crippen LogP contribution is -2.34. The van der Waals surface area contributed by atoms with Crippen molar-refractivity contribution in [2.75, 3.05) is 0 Å². The molecule has 2 heterocycles. The number of amidine groups is 1. The van der Waals surface area contributed by atoms with Crippen LogP contribution in [-0.2, 0) is 23.0 Å². The molecule has 1 unspecified atom stereocenters. The lowest BCUT2D eigenvalue weighted by molar-refractivity contribution is -0.119. The van der Waals surface area contributed by atoms with Gasteiger partial charge in [0.2, 0.25) is 5.91 Å². The number of nitrogens with zero attached hydrogens (tertiary/aromatic N) is 3. The van der Waals surface area contributed by atoms with Gasteiger partial charge in [-0.15, -0.1) is 0 Å². The number of hydrogen-bond donors (Lipinski definition) is 3. The van der Waals surface area contributed by atoms with E-state index in [0.29, 0.717) is 18.2 Å². The quantitative estimate of drug-likeness (QED) is 0.712. The van der Waals surface area contributed by atoms with Crippen LogP contribution in [-0.4, -0.2) is 45.8 Å². The minimum absolute atomic E-state index is 0.0558. The van der Waals surface area contributed by atoms with Gasteiger partial charge in [-0.2, -0.15) is 10.2 Å². The van der Waals surface area contributed by atoms with Crippen molar-refractivity contribution in [3.8, 4) is 0 Å². The Bertz CT molecular complexity index is 714. The summed E-state index contributed by atoms with van der Waals surface area (Å²) in [5.74, 6) is 0.941. The maximum Gasteiger partial charge on any atom is 0.407 e. The molecule has 1 aliphatic carbocycles. The van der Waals surface area contributed by atoms with Crippen LogP contribution in [0.4, 0.5) is 4.79 Å². The van der Waals surface area contributed by atoms with Crippen molar-refractivity contribution in [3.05, 3.63) is 18.0 Å². The number of ether oxygens (including phenoxy) is 1. The third-order valence-corrected chi connectivity index (χ3v) is 4.86. The highest BCUT2D eigenvalue weighted by atomic mass is 16.6. The van der Waals surface area contributed by atoms with E-state index in [-0.39, 0.29) is 36.6 Å². The topological polar surface area (TPSA) is 110 Å². The molecule has 2 amide bonds. The van der Waals surface area contributed by atoms with E-state index in [9.17, 15) is 9.59 Å². The lowest BCUT2D eigenvalue weighted by atomic mass is 9.96. The van der Waals surface area contributed by atoms with Crippen LogP contribution in [0.2, 0.25) is 0 Å². The molecule has 1 aromatic rings. The Morgan fingerprint density at radius 2 is 2.22 bits per heavy atom. The third-order valence-electron chi connectivity index (χ3n) is 4.86. The van der Waals surface area contributed by atoms with Crippen molar-refractivity contribution in [1.29, 1.82) is 0 Å². The summed E-state index contributed by atoms with van der Waals surface area (Å²) in [7, 11) is 1.82. The van der Waals surface area contributed by atoms with E-state index >= 15 is 0 Å². The zero-order chi connectivity index (χ0) is 19.4. The fraction of sp³-hybridized carbons (Fsp3) is 0.667. The van der Waals surface area contributed by atoms with E-state index in [1.807, 2.05) is 27.1 Å². The van der Waals surface area contributed by atoms with Crippen molar-refractivity contribution in [1.82, 2.24) is 25.8 Å². The fourth-order valence-electron chi connectivity index (χ4n) is 3.63. The smallest absolute Gasteiger partial charge is 0.407 e. The zero-order valence-electron chi connectivity index (χ0n) is 16.1. The molecule has 3 rings (SSSR count). The lowest BCUT2D eigenvalue weighted by Gasteiger charge is -2.18. The molecule has 0 spiro atoms. The molecule has 1 fully saturated rings. The summed E-state index contributed by atoms with van der Waals surface area (Å²) in [6, 6.07) is 0.234. The number of carbonyl (C=O) groups excluding carboxylic acids is 2. The second-order valence-corrected chi connectivity index (χ2v) is 7.64. The second kappa shape index (κ2) is 8.41. The third kappa shape index (κ3) is 5.45. The minimum Gasteiger partial charge on any atom is -0.446 e. The Kier molecular flexibility index (Phi) is 5.98. The van der Waals surface area contributed by atoms with Gasteiger partial charge in [0.25, 0.3) is 0 Å². The number of rotatable bonds is 5. The first kappa shape index (κ1) is 19.2. The van der Waals surface area contributed by atoms with Crippen molar-refractivity contribution < 1.29 is 14.3 Å². The molecule has 0 radical (unpaired) electrons. The number of carbonyl (C=O) groups is 2. The SMILES string of the molecule is CC(C)NC(=O)O[C@@H]1CC[C@H](C2CC(NC(=O)Cc3cnn(C)c3)=NN2)C1. The maximum absolute atomic E-state index is 12.1. The summed E-state index contributed by atoms with van der Waals surface area (Å²) in [4.78, 5) is 23.9. The molecule has 1 saturated carbocycles. The molecule has 1 aliphatic heterocycles. The number of nitrogens with one attached hydrogen (secondary N) is 3. The summed E-state index contributed by atoms with van der Waals surface area (Å²) in [5.41, 5.74) is 4.00. The summed E-state index contributed by atoms with van der Waals surface area (Å²) in [5, 5.41) is 14.0. The van der Waals surface area contributed by atoms with Crippen LogP contribution in [0, 0.1) is 5.92 Å². The molecular formula is C18H28N6O3. The van der Waals surface area contributed by atoms with Gasteiger partial charge >= 0.3 is 6.09 Å². The first-order valence-corrected chi connectivity index (χ1v) is 9.45.